The Morgan fingerprint density at radius 1 is 1.35 bits per heavy atom. The van der Waals surface area contributed by atoms with Gasteiger partial charge in [-0.15, -0.1) is 11.3 Å². The van der Waals surface area contributed by atoms with Crippen LogP contribution in [0.3, 0.4) is 0 Å². The van der Waals surface area contributed by atoms with E-state index < -0.39 is 0 Å². The number of rotatable bonds is 3. The van der Waals surface area contributed by atoms with E-state index in [1.54, 1.807) is 22.2 Å². The minimum atomic E-state index is 0.0663. The predicted molar refractivity (Wildman–Crippen MR) is 78.4 cm³/mol. The van der Waals surface area contributed by atoms with Crippen molar-refractivity contribution in [3.63, 3.8) is 0 Å². The highest BCUT2D eigenvalue weighted by Gasteiger charge is 2.21. The second-order valence-electron chi connectivity index (χ2n) is 4.97. The molecule has 20 heavy (non-hydrogen) atoms. The summed E-state index contributed by atoms with van der Waals surface area (Å²) in [7, 11) is 0. The number of aliphatic hydroxyl groups is 1. The molecule has 0 aliphatic heterocycles. The largest absolute Gasteiger partial charge is 0.395 e. The number of fused-ring (bicyclic) bond motifs is 5. The van der Waals surface area contributed by atoms with Gasteiger partial charge in [-0.3, -0.25) is 0 Å². The lowest BCUT2D eigenvalue weighted by Gasteiger charge is -2.10. The quantitative estimate of drug-likeness (QED) is 0.766. The predicted octanol–water partition coefficient (Wildman–Crippen LogP) is 1.62. The smallest absolute Gasteiger partial charge is 0.227 e. The van der Waals surface area contributed by atoms with E-state index >= 15 is 0 Å². The topological polar surface area (TPSA) is 75.3 Å². The molecule has 0 aromatic carbocycles. The van der Waals surface area contributed by atoms with Gasteiger partial charge in [-0.05, 0) is 31.2 Å². The van der Waals surface area contributed by atoms with Gasteiger partial charge in [-0.2, -0.15) is 9.61 Å². The summed E-state index contributed by atoms with van der Waals surface area (Å²) < 4.78 is 1.74. The van der Waals surface area contributed by atoms with Crippen molar-refractivity contribution in [1.82, 2.24) is 19.6 Å². The molecular formula is C13H15N5OS. The Morgan fingerprint density at radius 2 is 2.25 bits per heavy atom. The van der Waals surface area contributed by atoms with Crippen molar-refractivity contribution in [2.24, 2.45) is 0 Å². The zero-order valence-corrected chi connectivity index (χ0v) is 11.8. The van der Waals surface area contributed by atoms with Gasteiger partial charge in [0.1, 0.15) is 11.2 Å². The number of anilines is 1. The third-order valence-corrected chi connectivity index (χ3v) is 4.91. The number of aromatic nitrogens is 4. The number of hydrogen-bond acceptors (Lipinski definition) is 6. The van der Waals surface area contributed by atoms with Gasteiger partial charge in [0.25, 0.3) is 0 Å². The van der Waals surface area contributed by atoms with Gasteiger partial charge in [0.15, 0.2) is 5.65 Å². The Kier molecular flexibility index (Phi) is 2.82. The fraction of sp³-hybridized carbons (Fsp3) is 0.462. The molecule has 7 heteroatoms. The Bertz CT molecular complexity index is 778. The number of aliphatic hydroxyl groups excluding tert-OH is 1. The third-order valence-electron chi connectivity index (χ3n) is 3.73. The Balaban J connectivity index is 1.99. The summed E-state index contributed by atoms with van der Waals surface area (Å²) in [5, 5.41) is 17.5. The van der Waals surface area contributed by atoms with E-state index in [0.717, 1.165) is 28.7 Å². The molecular weight excluding hydrogens is 274 g/mol. The van der Waals surface area contributed by atoms with Crippen molar-refractivity contribution in [2.75, 3.05) is 18.5 Å². The maximum atomic E-state index is 8.96. The monoisotopic (exact) mass is 289 g/mol. The van der Waals surface area contributed by atoms with Crippen LogP contribution in [0, 0.1) is 0 Å². The van der Waals surface area contributed by atoms with Crippen molar-refractivity contribution >= 4 is 33.1 Å². The lowest BCUT2D eigenvalue weighted by Crippen LogP contribution is -2.11. The highest BCUT2D eigenvalue weighted by molar-refractivity contribution is 7.19. The normalized spacial score (nSPS) is 14.8. The molecule has 0 saturated carbocycles. The standard InChI is InChI=1S/C13H15N5OS/c19-6-5-14-13-17-12-10(11-15-7-16-18(11)13)8-3-1-2-4-9(8)20-12/h7,19H,1-6H2,(H,14,17). The lowest BCUT2D eigenvalue weighted by atomic mass is 9.97. The van der Waals surface area contributed by atoms with Crippen molar-refractivity contribution in [2.45, 2.75) is 25.7 Å². The van der Waals surface area contributed by atoms with Gasteiger partial charge in [0.2, 0.25) is 5.95 Å². The van der Waals surface area contributed by atoms with E-state index in [4.69, 9.17) is 5.11 Å². The molecule has 4 rings (SSSR count). The fourth-order valence-corrected chi connectivity index (χ4v) is 4.11. The maximum absolute atomic E-state index is 8.96. The van der Waals surface area contributed by atoms with Crippen LogP contribution in [0.4, 0.5) is 5.95 Å². The molecule has 0 amide bonds. The molecule has 6 nitrogen and oxygen atoms in total. The lowest BCUT2D eigenvalue weighted by molar-refractivity contribution is 0.310. The van der Waals surface area contributed by atoms with E-state index in [-0.39, 0.29) is 6.61 Å². The Labute approximate surface area is 119 Å². The van der Waals surface area contributed by atoms with Gasteiger partial charge >= 0.3 is 0 Å². The Hall–Kier alpha value is -1.73. The minimum absolute atomic E-state index is 0.0663. The average Bonchev–Trinajstić information content (AvgIpc) is 3.07. The van der Waals surface area contributed by atoms with Crippen LogP contribution in [0.15, 0.2) is 6.33 Å². The summed E-state index contributed by atoms with van der Waals surface area (Å²) in [6, 6.07) is 0. The Morgan fingerprint density at radius 3 is 3.15 bits per heavy atom. The number of nitrogens with zero attached hydrogens (tertiary/aromatic N) is 4. The van der Waals surface area contributed by atoms with Crippen molar-refractivity contribution in [1.29, 1.82) is 0 Å². The number of nitrogens with one attached hydrogen (secondary N) is 1. The summed E-state index contributed by atoms with van der Waals surface area (Å²) in [4.78, 5) is 11.6. The van der Waals surface area contributed by atoms with Crippen molar-refractivity contribution in [3.05, 3.63) is 16.8 Å². The van der Waals surface area contributed by atoms with E-state index in [9.17, 15) is 0 Å². The first-order chi connectivity index (χ1) is 9.88. The fourth-order valence-electron chi connectivity index (χ4n) is 2.85. The molecule has 0 bridgehead atoms. The van der Waals surface area contributed by atoms with Crippen LogP contribution in [-0.4, -0.2) is 37.8 Å². The average molecular weight is 289 g/mol. The molecule has 0 saturated heterocycles. The molecule has 0 fully saturated rings. The molecule has 3 aromatic heterocycles. The second kappa shape index (κ2) is 4.68. The zero-order chi connectivity index (χ0) is 13.5. The molecule has 3 aromatic rings. The number of hydrogen-bond donors (Lipinski definition) is 2. The van der Waals surface area contributed by atoms with Gasteiger partial charge < -0.3 is 10.4 Å². The first kappa shape index (κ1) is 12.0. The molecule has 0 atom stereocenters. The SMILES string of the molecule is OCCNc1nc2sc3c(c2c2ncnn12)CCCC3. The summed E-state index contributed by atoms with van der Waals surface area (Å²) in [6.45, 7) is 0.523. The summed E-state index contributed by atoms with van der Waals surface area (Å²) in [5.74, 6) is 0.651. The molecule has 3 heterocycles. The van der Waals surface area contributed by atoms with E-state index in [2.05, 4.69) is 20.4 Å². The van der Waals surface area contributed by atoms with Crippen LogP contribution in [0.2, 0.25) is 0 Å². The summed E-state index contributed by atoms with van der Waals surface area (Å²) >= 11 is 1.77. The summed E-state index contributed by atoms with van der Waals surface area (Å²) in [6.07, 6.45) is 6.33. The minimum Gasteiger partial charge on any atom is -0.395 e. The molecule has 104 valence electrons. The third kappa shape index (κ3) is 1.70. The van der Waals surface area contributed by atoms with E-state index in [1.807, 2.05) is 0 Å². The van der Waals surface area contributed by atoms with Crippen LogP contribution in [-0.2, 0) is 12.8 Å². The molecule has 1 aliphatic carbocycles. The second-order valence-corrected chi connectivity index (χ2v) is 6.06. The highest BCUT2D eigenvalue weighted by atomic mass is 32.1. The van der Waals surface area contributed by atoms with Crippen LogP contribution in [0.25, 0.3) is 15.9 Å². The van der Waals surface area contributed by atoms with Gasteiger partial charge in [-0.1, -0.05) is 0 Å². The van der Waals surface area contributed by atoms with Crippen molar-refractivity contribution < 1.29 is 5.11 Å². The number of aryl methyl sites for hydroxylation is 2. The van der Waals surface area contributed by atoms with Crippen LogP contribution < -0.4 is 5.32 Å². The first-order valence-electron chi connectivity index (χ1n) is 6.87. The molecule has 0 unspecified atom stereocenters. The summed E-state index contributed by atoms with van der Waals surface area (Å²) in [5.41, 5.74) is 2.28. The molecule has 0 radical (unpaired) electrons. The number of thiophene rings is 1. The van der Waals surface area contributed by atoms with Gasteiger partial charge in [0, 0.05) is 11.4 Å². The molecule has 1 aliphatic rings. The van der Waals surface area contributed by atoms with Gasteiger partial charge in [0.05, 0.1) is 12.0 Å². The van der Waals surface area contributed by atoms with Crippen LogP contribution in [0.1, 0.15) is 23.3 Å². The van der Waals surface area contributed by atoms with Crippen molar-refractivity contribution in [3.8, 4) is 0 Å². The van der Waals surface area contributed by atoms with Crippen LogP contribution in [0.5, 0.6) is 0 Å². The van der Waals surface area contributed by atoms with E-state index in [1.165, 1.54) is 23.3 Å². The molecule has 2 N–H and O–H groups in total. The van der Waals surface area contributed by atoms with Gasteiger partial charge in [-0.25, -0.2) is 9.97 Å². The van der Waals surface area contributed by atoms with Crippen LogP contribution >= 0.6 is 11.3 Å². The highest BCUT2D eigenvalue weighted by Crippen LogP contribution is 2.37. The van der Waals surface area contributed by atoms with E-state index in [0.29, 0.717) is 12.5 Å². The first-order valence-corrected chi connectivity index (χ1v) is 7.69. The molecule has 0 spiro atoms. The zero-order valence-electron chi connectivity index (χ0n) is 11.0. The maximum Gasteiger partial charge on any atom is 0.227 e.